The summed E-state index contributed by atoms with van der Waals surface area (Å²) in [6.45, 7) is 18.3. The van der Waals surface area contributed by atoms with E-state index in [4.69, 9.17) is 0 Å². The Bertz CT molecular complexity index is 481. The van der Waals surface area contributed by atoms with Crippen molar-refractivity contribution in [3.63, 3.8) is 0 Å². The maximum atomic E-state index is 3.69. The third-order valence-corrected chi connectivity index (χ3v) is 3.55. The number of para-hydroxylation sites is 1. The van der Waals surface area contributed by atoms with Crippen LogP contribution in [0, 0.1) is 0 Å². The van der Waals surface area contributed by atoms with Gasteiger partial charge in [-0.25, -0.2) is 0 Å². The molecule has 0 aliphatic carbocycles. The normalized spacial score (nSPS) is 10.8. The van der Waals surface area contributed by atoms with Gasteiger partial charge in [-0.1, -0.05) is 83.2 Å². The lowest BCUT2D eigenvalue weighted by Crippen LogP contribution is -2.17. The minimum Gasteiger partial charge on any atom is -0.348 e. The number of hydrogen-bond donors (Lipinski definition) is 0. The number of aryl methyl sites for hydroxylation is 1. The fraction of sp³-hybridized carbons (Fsp3) is 0.455. The highest BCUT2D eigenvalue weighted by Crippen LogP contribution is 2.25. The van der Waals surface area contributed by atoms with Gasteiger partial charge in [-0.15, -0.1) is 0 Å². The summed E-state index contributed by atoms with van der Waals surface area (Å²) in [4.78, 5) is 2.29. The molecule has 1 aromatic carbocycles. The first-order valence-corrected chi connectivity index (χ1v) is 8.87. The van der Waals surface area contributed by atoms with E-state index in [1.165, 1.54) is 22.5 Å². The molecule has 0 saturated heterocycles. The molecular weight excluding hydrogens is 278 g/mol. The Morgan fingerprint density at radius 2 is 1.65 bits per heavy atom. The molecule has 0 saturated carbocycles. The predicted molar refractivity (Wildman–Crippen MR) is 109 cm³/mol. The molecule has 0 aliphatic heterocycles. The highest BCUT2D eigenvalue weighted by molar-refractivity contribution is 5.57. The molecule has 0 aromatic heterocycles. The van der Waals surface area contributed by atoms with E-state index in [-0.39, 0.29) is 0 Å². The van der Waals surface area contributed by atoms with Gasteiger partial charge in [0.1, 0.15) is 0 Å². The third-order valence-electron chi connectivity index (χ3n) is 3.55. The lowest BCUT2D eigenvalue weighted by molar-refractivity contribution is 0.996. The molecule has 0 amide bonds. The molecule has 1 rings (SSSR count). The average Bonchev–Trinajstić information content (AvgIpc) is 2.63. The number of benzene rings is 1. The summed E-state index contributed by atoms with van der Waals surface area (Å²) in [5.41, 5.74) is 5.38. The first-order valence-electron chi connectivity index (χ1n) is 8.87. The molecule has 1 aromatic rings. The molecule has 0 unspecified atom stereocenters. The Labute approximate surface area is 145 Å². The summed E-state index contributed by atoms with van der Waals surface area (Å²) in [7, 11) is 2.14. The van der Waals surface area contributed by atoms with Crippen molar-refractivity contribution < 1.29 is 0 Å². The van der Waals surface area contributed by atoms with Gasteiger partial charge in [-0.2, -0.15) is 0 Å². The summed E-state index contributed by atoms with van der Waals surface area (Å²) in [5, 5.41) is 0. The maximum Gasteiger partial charge on any atom is 0.0437 e. The monoisotopic (exact) mass is 315 g/mol. The lowest BCUT2D eigenvalue weighted by Gasteiger charge is -2.24. The Hall–Kier alpha value is -1.76. The number of allylic oxidation sites excluding steroid dienone is 5. The van der Waals surface area contributed by atoms with E-state index < -0.39 is 0 Å². The number of nitrogens with zero attached hydrogens (tertiary/aromatic N) is 1. The van der Waals surface area contributed by atoms with Gasteiger partial charge in [0, 0.05) is 18.4 Å². The van der Waals surface area contributed by atoms with Crippen molar-refractivity contribution in [3.8, 4) is 0 Å². The van der Waals surface area contributed by atoms with Crippen LogP contribution in [0.4, 0.5) is 5.69 Å². The van der Waals surface area contributed by atoms with Crippen LogP contribution in [-0.4, -0.2) is 7.05 Å². The van der Waals surface area contributed by atoms with Gasteiger partial charge < -0.3 is 4.90 Å². The maximum absolute atomic E-state index is 3.69. The van der Waals surface area contributed by atoms with Crippen LogP contribution >= 0.6 is 0 Å². The van der Waals surface area contributed by atoms with Crippen molar-refractivity contribution in [2.75, 3.05) is 11.9 Å². The van der Waals surface area contributed by atoms with Crippen LogP contribution in [0.25, 0.3) is 0 Å². The predicted octanol–water partition coefficient (Wildman–Crippen LogP) is 7.16. The van der Waals surface area contributed by atoms with Crippen molar-refractivity contribution in [2.45, 2.75) is 61.3 Å². The van der Waals surface area contributed by atoms with Crippen molar-refractivity contribution in [1.82, 2.24) is 0 Å². The fourth-order valence-corrected chi connectivity index (χ4v) is 2.09. The van der Waals surface area contributed by atoms with E-state index in [0.717, 1.165) is 12.8 Å². The van der Waals surface area contributed by atoms with Gasteiger partial charge in [0.2, 0.25) is 0 Å². The Morgan fingerprint density at radius 1 is 1.09 bits per heavy atom. The second-order valence-electron chi connectivity index (χ2n) is 4.78. The molecule has 0 atom stereocenters. The lowest BCUT2D eigenvalue weighted by atomic mass is 10.1. The first kappa shape index (κ1) is 23.5. The van der Waals surface area contributed by atoms with Gasteiger partial charge in [0.15, 0.2) is 0 Å². The molecule has 0 radical (unpaired) electrons. The van der Waals surface area contributed by atoms with Crippen LogP contribution in [0.3, 0.4) is 0 Å². The van der Waals surface area contributed by atoms with E-state index in [9.17, 15) is 0 Å². The van der Waals surface area contributed by atoms with E-state index in [1.54, 1.807) is 0 Å². The van der Waals surface area contributed by atoms with Gasteiger partial charge >= 0.3 is 0 Å². The standard InChI is InChI=1S/C18H25N.2C2H6/c1-6-8-9-12-15(3)16(4)19(5)18-14-11-10-13-17(18)7-2;2*1-2/h6,8-11,13-14H,1,7,12H2,2-5H3;2*1-2H3/b9-8?,16-15+;;. The van der Waals surface area contributed by atoms with Gasteiger partial charge in [-0.05, 0) is 38.3 Å². The molecule has 0 fully saturated rings. The smallest absolute Gasteiger partial charge is 0.0437 e. The van der Waals surface area contributed by atoms with Gasteiger partial charge in [0.05, 0.1) is 0 Å². The van der Waals surface area contributed by atoms with Crippen molar-refractivity contribution in [1.29, 1.82) is 0 Å². The number of hydrogen-bond acceptors (Lipinski definition) is 1. The Kier molecular flexibility index (Phi) is 15.5. The second-order valence-corrected chi connectivity index (χ2v) is 4.78. The zero-order valence-electron chi connectivity index (χ0n) is 16.6. The van der Waals surface area contributed by atoms with Crippen LogP contribution in [0.2, 0.25) is 0 Å². The van der Waals surface area contributed by atoms with Crippen LogP contribution in [0.15, 0.2) is 60.3 Å². The molecule has 1 heteroatoms. The summed E-state index contributed by atoms with van der Waals surface area (Å²) in [6.07, 6.45) is 7.99. The molecule has 0 spiro atoms. The van der Waals surface area contributed by atoms with Crippen LogP contribution in [0.5, 0.6) is 0 Å². The average molecular weight is 316 g/mol. The highest BCUT2D eigenvalue weighted by atomic mass is 15.1. The minimum absolute atomic E-state index is 0.969. The second kappa shape index (κ2) is 15.1. The number of anilines is 1. The zero-order chi connectivity index (χ0) is 18.3. The summed E-state index contributed by atoms with van der Waals surface area (Å²) < 4.78 is 0. The topological polar surface area (TPSA) is 3.24 Å². The van der Waals surface area contributed by atoms with Crippen LogP contribution in [-0.2, 0) is 6.42 Å². The first-order chi connectivity index (χ1) is 11.1. The third kappa shape index (κ3) is 8.44. The van der Waals surface area contributed by atoms with Gasteiger partial charge in [-0.3, -0.25) is 0 Å². The van der Waals surface area contributed by atoms with Crippen molar-refractivity contribution in [3.05, 3.63) is 65.9 Å². The number of rotatable bonds is 6. The molecular formula is C22H37N. The van der Waals surface area contributed by atoms with Crippen molar-refractivity contribution >= 4 is 5.69 Å². The molecule has 0 N–H and O–H groups in total. The summed E-state index contributed by atoms with van der Waals surface area (Å²) >= 11 is 0. The molecule has 0 bridgehead atoms. The largest absolute Gasteiger partial charge is 0.348 e. The van der Waals surface area contributed by atoms with E-state index in [1.807, 2.05) is 39.8 Å². The molecule has 1 nitrogen and oxygen atoms in total. The highest BCUT2D eigenvalue weighted by Gasteiger charge is 2.08. The minimum atomic E-state index is 0.969. The SMILES string of the molecule is C=CC=CC/C(C)=C(\C)N(C)c1ccccc1CC.CC.CC. The van der Waals surface area contributed by atoms with E-state index in [0.29, 0.717) is 0 Å². The van der Waals surface area contributed by atoms with E-state index in [2.05, 4.69) is 69.6 Å². The van der Waals surface area contributed by atoms with Gasteiger partial charge in [0.25, 0.3) is 0 Å². The molecule has 130 valence electrons. The molecule has 0 heterocycles. The zero-order valence-corrected chi connectivity index (χ0v) is 16.6. The molecule has 0 aliphatic rings. The van der Waals surface area contributed by atoms with E-state index >= 15 is 0 Å². The Morgan fingerprint density at radius 3 is 2.17 bits per heavy atom. The Balaban J connectivity index is 0. The van der Waals surface area contributed by atoms with Crippen molar-refractivity contribution in [2.24, 2.45) is 0 Å². The van der Waals surface area contributed by atoms with Crippen LogP contribution in [0.1, 0.15) is 60.5 Å². The summed E-state index contributed by atoms with van der Waals surface area (Å²) in [6, 6.07) is 8.60. The quantitative estimate of drug-likeness (QED) is 0.503. The molecule has 23 heavy (non-hydrogen) atoms. The summed E-state index contributed by atoms with van der Waals surface area (Å²) in [5.74, 6) is 0. The van der Waals surface area contributed by atoms with Crippen LogP contribution < -0.4 is 4.90 Å². The fourth-order valence-electron chi connectivity index (χ4n) is 2.09.